The monoisotopic (exact) mass is 373 g/mol. The van der Waals surface area contributed by atoms with Crippen molar-refractivity contribution in [1.29, 1.82) is 0 Å². The molecule has 2 amide bonds. The van der Waals surface area contributed by atoms with Gasteiger partial charge in [-0.2, -0.15) is 0 Å². The molecule has 4 rings (SSSR count). The highest BCUT2D eigenvalue weighted by Gasteiger charge is 2.25. The number of nitrogens with one attached hydrogen (secondary N) is 2. The summed E-state index contributed by atoms with van der Waals surface area (Å²) in [6.45, 7) is 0.717. The number of fused-ring (bicyclic) bond motifs is 2. The first-order chi connectivity index (χ1) is 12.6. The summed E-state index contributed by atoms with van der Waals surface area (Å²) in [6, 6.07) is 6.49. The maximum absolute atomic E-state index is 12.6. The summed E-state index contributed by atoms with van der Waals surface area (Å²) < 4.78 is 6.51. The molecule has 0 unspecified atom stereocenters. The SMILES string of the molecule is COc1ccc(NC(=O)N2CCc3c(nc4cc[nH]n4c3=O)C2)cc1Cl. The number of halogens is 1. The van der Waals surface area contributed by atoms with E-state index in [-0.39, 0.29) is 18.1 Å². The highest BCUT2D eigenvalue weighted by molar-refractivity contribution is 6.32. The Morgan fingerprint density at radius 3 is 3.00 bits per heavy atom. The van der Waals surface area contributed by atoms with Crippen LogP contribution in [0.3, 0.4) is 0 Å². The molecule has 134 valence electrons. The molecule has 9 heteroatoms. The van der Waals surface area contributed by atoms with Gasteiger partial charge in [0.2, 0.25) is 0 Å². The van der Waals surface area contributed by atoms with Gasteiger partial charge in [0.15, 0.2) is 5.65 Å². The van der Waals surface area contributed by atoms with Crippen LogP contribution in [0.5, 0.6) is 5.75 Å². The van der Waals surface area contributed by atoms with Crippen molar-refractivity contribution in [3.63, 3.8) is 0 Å². The molecule has 0 bridgehead atoms. The molecular formula is C17H16ClN5O3. The summed E-state index contributed by atoms with van der Waals surface area (Å²) in [4.78, 5) is 31.1. The van der Waals surface area contributed by atoms with E-state index in [0.29, 0.717) is 46.3 Å². The first-order valence-electron chi connectivity index (χ1n) is 8.04. The summed E-state index contributed by atoms with van der Waals surface area (Å²) in [5, 5.41) is 6.07. The first-order valence-corrected chi connectivity index (χ1v) is 8.42. The summed E-state index contributed by atoms with van der Waals surface area (Å²) in [6.07, 6.45) is 2.12. The number of carbonyl (C=O) groups excluding carboxylic acids is 1. The van der Waals surface area contributed by atoms with Gasteiger partial charge in [-0.25, -0.2) is 14.3 Å². The minimum absolute atomic E-state index is 0.114. The molecule has 0 atom stereocenters. The van der Waals surface area contributed by atoms with Crippen LogP contribution in [-0.2, 0) is 13.0 Å². The van der Waals surface area contributed by atoms with Gasteiger partial charge in [0.25, 0.3) is 5.56 Å². The molecule has 0 spiro atoms. The van der Waals surface area contributed by atoms with Crippen LogP contribution in [0.1, 0.15) is 11.3 Å². The minimum atomic E-state index is -0.270. The number of methoxy groups -OCH3 is 1. The van der Waals surface area contributed by atoms with Crippen molar-refractivity contribution in [1.82, 2.24) is 19.5 Å². The number of anilines is 1. The molecule has 26 heavy (non-hydrogen) atoms. The Morgan fingerprint density at radius 1 is 1.38 bits per heavy atom. The Kier molecular flexibility index (Phi) is 4.04. The molecule has 3 aromatic rings. The zero-order valence-electron chi connectivity index (χ0n) is 14.0. The smallest absolute Gasteiger partial charge is 0.322 e. The van der Waals surface area contributed by atoms with E-state index in [1.807, 2.05) is 0 Å². The van der Waals surface area contributed by atoms with Crippen LogP contribution in [0.2, 0.25) is 5.02 Å². The quantitative estimate of drug-likeness (QED) is 0.720. The molecule has 0 aliphatic carbocycles. The second kappa shape index (κ2) is 6.38. The van der Waals surface area contributed by atoms with Crippen LogP contribution in [0.25, 0.3) is 5.65 Å². The second-order valence-electron chi connectivity index (χ2n) is 5.95. The summed E-state index contributed by atoms with van der Waals surface area (Å²) in [7, 11) is 1.53. The summed E-state index contributed by atoms with van der Waals surface area (Å²) in [5.74, 6) is 0.539. The lowest BCUT2D eigenvalue weighted by Gasteiger charge is -2.27. The number of rotatable bonds is 2. The Bertz CT molecular complexity index is 1060. The largest absolute Gasteiger partial charge is 0.495 e. The third-order valence-electron chi connectivity index (χ3n) is 4.39. The molecule has 1 aliphatic rings. The number of hydrogen-bond acceptors (Lipinski definition) is 4. The van der Waals surface area contributed by atoms with Crippen LogP contribution in [0, 0.1) is 0 Å². The normalized spacial score (nSPS) is 13.5. The maximum atomic E-state index is 12.6. The van der Waals surface area contributed by atoms with Gasteiger partial charge in [-0.05, 0) is 24.6 Å². The molecule has 0 saturated heterocycles. The van der Waals surface area contributed by atoms with Crippen molar-refractivity contribution in [3.05, 3.63) is 57.1 Å². The molecule has 1 aromatic carbocycles. The highest BCUT2D eigenvalue weighted by atomic mass is 35.5. The zero-order chi connectivity index (χ0) is 18.3. The van der Waals surface area contributed by atoms with E-state index in [4.69, 9.17) is 16.3 Å². The number of nitrogens with zero attached hydrogens (tertiary/aromatic N) is 3. The van der Waals surface area contributed by atoms with Crippen molar-refractivity contribution >= 4 is 29.0 Å². The molecule has 8 nitrogen and oxygen atoms in total. The van der Waals surface area contributed by atoms with Crippen LogP contribution >= 0.6 is 11.6 Å². The Morgan fingerprint density at radius 2 is 2.23 bits per heavy atom. The van der Waals surface area contributed by atoms with Crippen molar-refractivity contribution in [3.8, 4) is 5.75 Å². The van der Waals surface area contributed by atoms with Gasteiger partial charge in [0.1, 0.15) is 5.75 Å². The van der Waals surface area contributed by atoms with E-state index in [0.717, 1.165) is 0 Å². The number of benzene rings is 1. The topological polar surface area (TPSA) is 91.7 Å². The summed E-state index contributed by atoms with van der Waals surface area (Å²) in [5.41, 5.74) is 2.26. The lowest BCUT2D eigenvalue weighted by molar-refractivity contribution is 0.205. The average molecular weight is 374 g/mol. The van der Waals surface area contributed by atoms with E-state index in [9.17, 15) is 9.59 Å². The van der Waals surface area contributed by atoms with Gasteiger partial charge in [0.05, 0.1) is 24.4 Å². The Hall–Kier alpha value is -3.00. The fraction of sp³-hybridized carbons (Fsp3) is 0.235. The molecule has 3 heterocycles. The maximum Gasteiger partial charge on any atom is 0.322 e. The fourth-order valence-corrected chi connectivity index (χ4v) is 3.31. The first kappa shape index (κ1) is 16.5. The van der Waals surface area contributed by atoms with Crippen molar-refractivity contribution in [2.24, 2.45) is 0 Å². The Balaban J connectivity index is 1.55. The van der Waals surface area contributed by atoms with Gasteiger partial charge < -0.3 is 15.0 Å². The summed E-state index contributed by atoms with van der Waals surface area (Å²) >= 11 is 6.09. The number of hydrogen-bond donors (Lipinski definition) is 2. The number of urea groups is 1. The highest BCUT2D eigenvalue weighted by Crippen LogP contribution is 2.27. The van der Waals surface area contributed by atoms with E-state index in [1.165, 1.54) is 11.6 Å². The average Bonchev–Trinajstić information content (AvgIpc) is 3.10. The molecule has 0 radical (unpaired) electrons. The number of H-pyrrole nitrogens is 1. The molecule has 2 aromatic heterocycles. The predicted octanol–water partition coefficient (Wildman–Crippen LogP) is 2.27. The van der Waals surface area contributed by atoms with Gasteiger partial charge >= 0.3 is 6.03 Å². The number of carbonyl (C=O) groups is 1. The number of aromatic amines is 1. The predicted molar refractivity (Wildman–Crippen MR) is 96.9 cm³/mol. The number of aromatic nitrogens is 3. The fourth-order valence-electron chi connectivity index (χ4n) is 3.05. The van der Waals surface area contributed by atoms with Gasteiger partial charge in [-0.1, -0.05) is 11.6 Å². The van der Waals surface area contributed by atoms with Gasteiger partial charge in [-0.15, -0.1) is 0 Å². The molecule has 2 N–H and O–H groups in total. The van der Waals surface area contributed by atoms with E-state index >= 15 is 0 Å². The van der Waals surface area contributed by atoms with Crippen molar-refractivity contribution in [2.45, 2.75) is 13.0 Å². The zero-order valence-corrected chi connectivity index (χ0v) is 14.7. The minimum Gasteiger partial charge on any atom is -0.495 e. The number of amides is 2. The van der Waals surface area contributed by atoms with Crippen molar-refractivity contribution < 1.29 is 9.53 Å². The van der Waals surface area contributed by atoms with Crippen LogP contribution in [-0.4, -0.2) is 39.2 Å². The van der Waals surface area contributed by atoms with Gasteiger partial charge in [0, 0.05) is 30.1 Å². The van der Waals surface area contributed by atoms with Gasteiger partial charge in [-0.3, -0.25) is 9.89 Å². The van der Waals surface area contributed by atoms with Crippen LogP contribution < -0.4 is 15.6 Å². The lowest BCUT2D eigenvalue weighted by Crippen LogP contribution is -2.41. The van der Waals surface area contributed by atoms with Crippen LogP contribution in [0.15, 0.2) is 35.3 Å². The number of ether oxygens (including phenoxy) is 1. The molecule has 0 saturated carbocycles. The van der Waals surface area contributed by atoms with Crippen LogP contribution in [0.4, 0.5) is 10.5 Å². The van der Waals surface area contributed by atoms with E-state index < -0.39 is 0 Å². The lowest BCUT2D eigenvalue weighted by atomic mass is 10.1. The third-order valence-corrected chi connectivity index (χ3v) is 4.68. The van der Waals surface area contributed by atoms with E-state index in [1.54, 1.807) is 35.4 Å². The third kappa shape index (κ3) is 2.78. The van der Waals surface area contributed by atoms with Crippen molar-refractivity contribution in [2.75, 3.05) is 19.0 Å². The second-order valence-corrected chi connectivity index (χ2v) is 6.36. The van der Waals surface area contributed by atoms with E-state index in [2.05, 4.69) is 15.4 Å². The molecule has 1 aliphatic heterocycles. The molecule has 0 fully saturated rings. The Labute approximate surface area is 153 Å². The standard InChI is InChI=1S/C17H16ClN5O3/c1-26-14-3-2-10(8-12(14)18)20-17(25)22-7-5-11-13(9-22)21-15-4-6-19-23(15)16(11)24/h2-4,6,8,19H,5,7,9H2,1H3,(H,20,25). The molecular weight excluding hydrogens is 358 g/mol.